The molecule has 0 radical (unpaired) electrons. The van der Waals surface area contributed by atoms with Gasteiger partial charge in [0.25, 0.3) is 5.56 Å². The van der Waals surface area contributed by atoms with E-state index in [0.717, 1.165) is 5.56 Å². The van der Waals surface area contributed by atoms with Crippen LogP contribution >= 0.6 is 0 Å². The maximum atomic E-state index is 13.3. The number of aryl methyl sites for hydroxylation is 1. The zero-order valence-electron chi connectivity index (χ0n) is 15.8. The molecule has 0 amide bonds. The monoisotopic (exact) mass is 408 g/mol. The smallest absolute Gasteiger partial charge is 0.329 e. The second-order valence-corrected chi connectivity index (χ2v) is 6.57. The first kappa shape index (κ1) is 19.1. The first-order valence-electron chi connectivity index (χ1n) is 8.95. The fraction of sp³-hybridized carbons (Fsp3) is 0.100. The van der Waals surface area contributed by atoms with Crippen LogP contribution in [0.2, 0.25) is 0 Å². The van der Waals surface area contributed by atoms with Crippen molar-refractivity contribution in [3.63, 3.8) is 0 Å². The van der Waals surface area contributed by atoms with Gasteiger partial charge < -0.3 is 5.11 Å². The van der Waals surface area contributed by atoms with Crippen molar-refractivity contribution >= 4 is 23.3 Å². The molecule has 4 aromatic rings. The van der Waals surface area contributed by atoms with Crippen LogP contribution in [0.3, 0.4) is 0 Å². The highest BCUT2D eigenvalue weighted by molar-refractivity contribution is 5.83. The molecule has 2 aromatic heterocycles. The van der Waals surface area contributed by atoms with E-state index in [9.17, 15) is 19.1 Å². The van der Waals surface area contributed by atoms with E-state index in [4.69, 9.17) is 0 Å². The second kappa shape index (κ2) is 7.66. The van der Waals surface area contributed by atoms with Gasteiger partial charge in [-0.25, -0.2) is 14.6 Å². The Morgan fingerprint density at radius 1 is 1.20 bits per heavy atom. The van der Waals surface area contributed by atoms with Gasteiger partial charge in [-0.15, -0.1) is 0 Å². The Balaban J connectivity index is 1.79. The molecule has 0 aliphatic carbocycles. The number of anilines is 1. The molecule has 152 valence electrons. The fourth-order valence-electron chi connectivity index (χ4n) is 3.00. The minimum absolute atomic E-state index is 0.0571. The summed E-state index contributed by atoms with van der Waals surface area (Å²) in [4.78, 5) is 31.0. The number of para-hydroxylation sites is 1. The number of nitrogens with one attached hydrogen (secondary N) is 2. The summed E-state index contributed by atoms with van der Waals surface area (Å²) in [5, 5.41) is 13.9. The van der Waals surface area contributed by atoms with Gasteiger partial charge in [0.15, 0.2) is 11.2 Å². The van der Waals surface area contributed by atoms with E-state index < -0.39 is 11.2 Å². The lowest BCUT2D eigenvalue weighted by molar-refractivity contribution is 0.474. The number of H-pyrrole nitrogens is 1. The molecule has 0 bridgehead atoms. The highest BCUT2D eigenvalue weighted by Crippen LogP contribution is 2.18. The van der Waals surface area contributed by atoms with Crippen molar-refractivity contribution in [3.05, 3.63) is 86.3 Å². The zero-order chi connectivity index (χ0) is 21.3. The Labute approximate surface area is 168 Å². The molecule has 0 saturated heterocycles. The van der Waals surface area contributed by atoms with E-state index in [1.54, 1.807) is 34.9 Å². The van der Waals surface area contributed by atoms with Gasteiger partial charge in [-0.1, -0.05) is 24.3 Å². The predicted octanol–water partition coefficient (Wildman–Crippen LogP) is 1.76. The molecule has 0 saturated carbocycles. The van der Waals surface area contributed by atoms with Crippen molar-refractivity contribution in [1.29, 1.82) is 0 Å². The topological polar surface area (TPSA) is 117 Å². The minimum Gasteiger partial charge on any atom is -0.507 e. The Hall–Kier alpha value is -4.21. The molecule has 10 heteroatoms. The highest BCUT2D eigenvalue weighted by atomic mass is 19.1. The average Bonchev–Trinajstić information content (AvgIpc) is 3.08. The largest absolute Gasteiger partial charge is 0.507 e. The summed E-state index contributed by atoms with van der Waals surface area (Å²) in [6.07, 6.45) is 1.40. The molecule has 2 heterocycles. The molecule has 0 spiro atoms. The third-order valence-electron chi connectivity index (χ3n) is 4.57. The number of aromatic nitrogens is 4. The lowest BCUT2D eigenvalue weighted by atomic mass is 10.2. The van der Waals surface area contributed by atoms with Crippen molar-refractivity contribution in [2.24, 2.45) is 12.1 Å². The summed E-state index contributed by atoms with van der Waals surface area (Å²) in [6.45, 7) is 0.187. The maximum Gasteiger partial charge on any atom is 0.329 e. The number of nitrogens with zero attached hydrogens (tertiary/aromatic N) is 4. The van der Waals surface area contributed by atoms with Gasteiger partial charge in [0.1, 0.15) is 11.6 Å². The van der Waals surface area contributed by atoms with Crippen LogP contribution in [-0.4, -0.2) is 30.4 Å². The van der Waals surface area contributed by atoms with Crippen LogP contribution in [-0.2, 0) is 13.6 Å². The van der Waals surface area contributed by atoms with Crippen LogP contribution in [0, 0.1) is 5.82 Å². The van der Waals surface area contributed by atoms with Crippen LogP contribution in [0.5, 0.6) is 5.75 Å². The SMILES string of the molecule is Cn1c(=O)[nH]c(=O)c2c1nc(NN=Cc1ccccc1O)n2Cc1ccc(F)cc1. The molecule has 4 rings (SSSR count). The molecule has 3 N–H and O–H groups in total. The molecular weight excluding hydrogens is 391 g/mol. The standard InChI is InChI=1S/C20H17FN6O3/c1-26-17-16(18(29)24-20(26)30)27(11-12-6-8-14(21)9-7-12)19(23-17)25-22-10-13-4-2-3-5-15(13)28/h2-10,28H,11H2,1H3,(H,23,25)(H,24,29,30). The van der Waals surface area contributed by atoms with Gasteiger partial charge in [0.2, 0.25) is 5.95 Å². The number of hydrazone groups is 1. The quantitative estimate of drug-likeness (QED) is 0.344. The Morgan fingerprint density at radius 2 is 1.93 bits per heavy atom. The van der Waals surface area contributed by atoms with Gasteiger partial charge in [-0.05, 0) is 29.8 Å². The van der Waals surface area contributed by atoms with E-state index in [0.29, 0.717) is 5.56 Å². The van der Waals surface area contributed by atoms with E-state index in [-0.39, 0.29) is 35.2 Å². The van der Waals surface area contributed by atoms with Gasteiger partial charge >= 0.3 is 5.69 Å². The number of imidazole rings is 1. The summed E-state index contributed by atoms with van der Waals surface area (Å²) in [5.74, 6) is -0.116. The normalized spacial score (nSPS) is 11.4. The first-order valence-corrected chi connectivity index (χ1v) is 8.95. The van der Waals surface area contributed by atoms with E-state index >= 15 is 0 Å². The number of hydrogen-bond donors (Lipinski definition) is 3. The number of rotatable bonds is 5. The average molecular weight is 408 g/mol. The number of halogens is 1. The molecular formula is C20H17FN6O3. The van der Waals surface area contributed by atoms with Gasteiger partial charge in [0, 0.05) is 12.6 Å². The third-order valence-corrected chi connectivity index (χ3v) is 4.57. The van der Waals surface area contributed by atoms with Crippen LogP contribution in [0.25, 0.3) is 11.2 Å². The Kier molecular flexibility index (Phi) is 4.88. The Morgan fingerprint density at radius 3 is 2.67 bits per heavy atom. The second-order valence-electron chi connectivity index (χ2n) is 6.57. The number of aromatic amines is 1. The predicted molar refractivity (Wildman–Crippen MR) is 110 cm³/mol. The summed E-state index contributed by atoms with van der Waals surface area (Å²) in [7, 11) is 1.49. The molecule has 0 aliphatic rings. The van der Waals surface area contributed by atoms with Gasteiger partial charge in [-0.2, -0.15) is 10.1 Å². The van der Waals surface area contributed by atoms with Crippen LogP contribution in [0.4, 0.5) is 10.3 Å². The van der Waals surface area contributed by atoms with Crippen molar-refractivity contribution < 1.29 is 9.50 Å². The van der Waals surface area contributed by atoms with Gasteiger partial charge in [-0.3, -0.25) is 18.9 Å². The number of phenols is 1. The van der Waals surface area contributed by atoms with Crippen molar-refractivity contribution in [1.82, 2.24) is 19.1 Å². The highest BCUT2D eigenvalue weighted by Gasteiger charge is 2.17. The van der Waals surface area contributed by atoms with Crippen LogP contribution < -0.4 is 16.7 Å². The molecule has 0 atom stereocenters. The molecule has 0 unspecified atom stereocenters. The molecule has 2 aromatic carbocycles. The fourth-order valence-corrected chi connectivity index (χ4v) is 3.00. The summed E-state index contributed by atoms with van der Waals surface area (Å²) in [5.41, 5.74) is 3.10. The lowest BCUT2D eigenvalue weighted by Gasteiger charge is -2.08. The molecule has 9 nitrogen and oxygen atoms in total. The van der Waals surface area contributed by atoms with Crippen molar-refractivity contribution in [2.45, 2.75) is 6.54 Å². The first-order chi connectivity index (χ1) is 14.4. The van der Waals surface area contributed by atoms with Crippen LogP contribution in [0.1, 0.15) is 11.1 Å². The van der Waals surface area contributed by atoms with Crippen LogP contribution in [0.15, 0.2) is 63.2 Å². The van der Waals surface area contributed by atoms with E-state index in [1.807, 2.05) is 0 Å². The summed E-state index contributed by atoms with van der Waals surface area (Å²) < 4.78 is 16.0. The summed E-state index contributed by atoms with van der Waals surface area (Å²) in [6, 6.07) is 12.5. The number of aromatic hydroxyl groups is 1. The molecule has 0 fully saturated rings. The van der Waals surface area contributed by atoms with E-state index in [1.165, 1.54) is 36.0 Å². The summed E-state index contributed by atoms with van der Waals surface area (Å²) >= 11 is 0. The lowest BCUT2D eigenvalue weighted by Crippen LogP contribution is -2.29. The molecule has 30 heavy (non-hydrogen) atoms. The van der Waals surface area contributed by atoms with Crippen molar-refractivity contribution in [2.75, 3.05) is 5.43 Å². The van der Waals surface area contributed by atoms with Gasteiger partial charge in [0.05, 0.1) is 12.8 Å². The third kappa shape index (κ3) is 3.58. The maximum absolute atomic E-state index is 13.3. The van der Waals surface area contributed by atoms with E-state index in [2.05, 4.69) is 20.5 Å². The zero-order valence-corrected chi connectivity index (χ0v) is 15.8. The number of phenolic OH excluding ortho intramolecular Hbond substituents is 1. The number of fused-ring (bicyclic) bond motifs is 1. The molecule has 0 aliphatic heterocycles. The Bertz CT molecular complexity index is 1370. The number of benzene rings is 2. The minimum atomic E-state index is -0.597. The number of hydrogen-bond acceptors (Lipinski definition) is 6. The van der Waals surface area contributed by atoms with Crippen molar-refractivity contribution in [3.8, 4) is 5.75 Å².